The average Bonchev–Trinajstić information content (AvgIpc) is 2.97. The van der Waals surface area contributed by atoms with Crippen LogP contribution in [0.25, 0.3) is 0 Å². The first kappa shape index (κ1) is 11.2. The summed E-state index contributed by atoms with van der Waals surface area (Å²) < 4.78 is 1.23. The molecule has 15 heavy (non-hydrogen) atoms. The van der Waals surface area contributed by atoms with Crippen molar-refractivity contribution < 1.29 is 0 Å². The van der Waals surface area contributed by atoms with Crippen molar-refractivity contribution >= 4 is 15.9 Å². The van der Waals surface area contributed by atoms with Crippen molar-refractivity contribution in [1.82, 2.24) is 0 Å². The largest absolute Gasteiger partial charge is 0.330 e. The Morgan fingerprint density at radius 1 is 1.40 bits per heavy atom. The molecule has 0 amide bonds. The quantitative estimate of drug-likeness (QED) is 0.891. The monoisotopic (exact) mass is 267 g/mol. The van der Waals surface area contributed by atoms with E-state index >= 15 is 0 Å². The molecule has 2 N–H and O–H groups in total. The van der Waals surface area contributed by atoms with E-state index < -0.39 is 0 Å². The Hall–Kier alpha value is -0.340. The number of nitrogens with two attached hydrogens (primary N) is 1. The van der Waals surface area contributed by atoms with Crippen molar-refractivity contribution in [3.05, 3.63) is 33.8 Å². The van der Waals surface area contributed by atoms with E-state index in [9.17, 15) is 0 Å². The van der Waals surface area contributed by atoms with Gasteiger partial charge in [0.05, 0.1) is 0 Å². The normalized spacial score (nSPS) is 18.2. The first-order valence-corrected chi connectivity index (χ1v) is 6.38. The molecule has 2 rings (SSSR count). The van der Waals surface area contributed by atoms with Crippen molar-refractivity contribution in [3.63, 3.8) is 0 Å². The molecular formula is C13H18BrN. The van der Waals surface area contributed by atoms with E-state index in [1.54, 1.807) is 0 Å². The zero-order valence-electron chi connectivity index (χ0n) is 9.39. The van der Waals surface area contributed by atoms with Gasteiger partial charge in [-0.05, 0) is 36.0 Å². The Morgan fingerprint density at radius 2 is 2.07 bits per heavy atom. The molecule has 0 atom stereocenters. The summed E-state index contributed by atoms with van der Waals surface area (Å²) in [5, 5.41) is 0. The van der Waals surface area contributed by atoms with Crippen LogP contribution in [0.1, 0.15) is 43.7 Å². The molecule has 1 nitrogen and oxygen atoms in total. The fraction of sp³-hybridized carbons (Fsp3) is 0.538. The van der Waals surface area contributed by atoms with Crippen LogP contribution in [0.4, 0.5) is 0 Å². The summed E-state index contributed by atoms with van der Waals surface area (Å²) in [7, 11) is 0. The van der Waals surface area contributed by atoms with E-state index in [-0.39, 0.29) is 0 Å². The second-order valence-corrected chi connectivity index (χ2v) is 5.73. The lowest BCUT2D eigenvalue weighted by molar-refractivity contribution is 0.702. The Labute approximate surface area is 100 Å². The molecule has 0 saturated heterocycles. The van der Waals surface area contributed by atoms with Crippen LogP contribution in [0.2, 0.25) is 0 Å². The molecule has 1 aromatic rings. The predicted molar refractivity (Wildman–Crippen MR) is 68.2 cm³/mol. The van der Waals surface area contributed by atoms with E-state index in [1.165, 1.54) is 28.4 Å². The molecule has 0 radical (unpaired) electrons. The minimum absolute atomic E-state index is 0.304. The third kappa shape index (κ3) is 1.98. The SMILES string of the molecule is CC(C)c1ccc(C2(CN)CC2)cc1Br. The van der Waals surface area contributed by atoms with Gasteiger partial charge in [-0.15, -0.1) is 0 Å². The van der Waals surface area contributed by atoms with Gasteiger partial charge in [0.2, 0.25) is 0 Å². The van der Waals surface area contributed by atoms with Gasteiger partial charge in [-0.3, -0.25) is 0 Å². The second-order valence-electron chi connectivity index (χ2n) is 4.88. The van der Waals surface area contributed by atoms with Crippen LogP contribution in [0.15, 0.2) is 22.7 Å². The molecule has 1 fully saturated rings. The summed E-state index contributed by atoms with van der Waals surface area (Å²) >= 11 is 3.66. The topological polar surface area (TPSA) is 26.0 Å². The first-order chi connectivity index (χ1) is 7.09. The van der Waals surface area contributed by atoms with Crippen molar-refractivity contribution in [2.75, 3.05) is 6.54 Å². The lowest BCUT2D eigenvalue weighted by Crippen LogP contribution is -2.19. The van der Waals surface area contributed by atoms with Crippen molar-refractivity contribution in [1.29, 1.82) is 0 Å². The van der Waals surface area contributed by atoms with Crippen LogP contribution >= 0.6 is 15.9 Å². The molecule has 0 bridgehead atoms. The molecule has 1 saturated carbocycles. The van der Waals surface area contributed by atoms with Crippen LogP contribution in [0, 0.1) is 0 Å². The average molecular weight is 268 g/mol. The van der Waals surface area contributed by atoms with E-state index in [2.05, 4.69) is 48.0 Å². The third-order valence-corrected chi connectivity index (χ3v) is 4.17. The van der Waals surface area contributed by atoms with Gasteiger partial charge < -0.3 is 5.73 Å². The summed E-state index contributed by atoms with van der Waals surface area (Å²) in [6, 6.07) is 6.74. The molecule has 0 unspecified atom stereocenters. The second kappa shape index (κ2) is 3.91. The number of rotatable bonds is 3. The van der Waals surface area contributed by atoms with Crippen LogP contribution < -0.4 is 5.73 Å². The van der Waals surface area contributed by atoms with Crippen LogP contribution in [-0.2, 0) is 5.41 Å². The summed E-state index contributed by atoms with van der Waals surface area (Å²) in [6.45, 7) is 5.21. The van der Waals surface area contributed by atoms with Gasteiger partial charge in [0.25, 0.3) is 0 Å². The maximum absolute atomic E-state index is 5.83. The fourth-order valence-corrected chi connectivity index (χ4v) is 2.92. The zero-order valence-corrected chi connectivity index (χ0v) is 11.0. The molecule has 82 valence electrons. The fourth-order valence-electron chi connectivity index (χ4n) is 2.09. The highest BCUT2D eigenvalue weighted by Gasteiger charge is 2.42. The van der Waals surface area contributed by atoms with Crippen LogP contribution in [0.5, 0.6) is 0 Å². The predicted octanol–water partition coefficient (Wildman–Crippen LogP) is 3.56. The third-order valence-electron chi connectivity index (χ3n) is 3.48. The van der Waals surface area contributed by atoms with Crippen LogP contribution in [0.3, 0.4) is 0 Å². The molecule has 0 aliphatic heterocycles. The Balaban J connectivity index is 2.34. The summed E-state index contributed by atoms with van der Waals surface area (Å²) in [6.07, 6.45) is 2.49. The van der Waals surface area contributed by atoms with E-state index in [4.69, 9.17) is 5.73 Å². The Kier molecular flexibility index (Phi) is 2.91. The number of halogens is 1. The summed E-state index contributed by atoms with van der Waals surface area (Å²) in [5.74, 6) is 0.571. The maximum Gasteiger partial charge on any atom is 0.0212 e. The number of benzene rings is 1. The molecule has 0 heterocycles. The highest BCUT2D eigenvalue weighted by atomic mass is 79.9. The highest BCUT2D eigenvalue weighted by molar-refractivity contribution is 9.10. The first-order valence-electron chi connectivity index (χ1n) is 5.59. The smallest absolute Gasteiger partial charge is 0.0212 e. The van der Waals surface area contributed by atoms with Crippen LogP contribution in [-0.4, -0.2) is 6.54 Å². The van der Waals surface area contributed by atoms with E-state index in [1.807, 2.05) is 0 Å². The van der Waals surface area contributed by atoms with Crippen molar-refractivity contribution in [2.24, 2.45) is 5.73 Å². The minimum Gasteiger partial charge on any atom is -0.330 e. The molecule has 0 spiro atoms. The standard InChI is InChI=1S/C13H18BrN/c1-9(2)11-4-3-10(7-12(11)14)13(8-15)5-6-13/h3-4,7,9H,5-6,8,15H2,1-2H3. The van der Waals surface area contributed by atoms with Crippen molar-refractivity contribution in [3.8, 4) is 0 Å². The minimum atomic E-state index is 0.304. The van der Waals surface area contributed by atoms with Gasteiger partial charge in [-0.25, -0.2) is 0 Å². The Bertz CT molecular complexity index is 367. The van der Waals surface area contributed by atoms with Gasteiger partial charge in [-0.1, -0.05) is 41.9 Å². The lowest BCUT2D eigenvalue weighted by atomic mass is 9.93. The highest BCUT2D eigenvalue weighted by Crippen LogP contribution is 2.48. The lowest BCUT2D eigenvalue weighted by Gasteiger charge is -2.16. The van der Waals surface area contributed by atoms with Gasteiger partial charge in [0, 0.05) is 16.4 Å². The molecular weight excluding hydrogens is 250 g/mol. The van der Waals surface area contributed by atoms with E-state index in [0.717, 1.165) is 6.54 Å². The van der Waals surface area contributed by atoms with E-state index in [0.29, 0.717) is 11.3 Å². The van der Waals surface area contributed by atoms with Gasteiger partial charge >= 0.3 is 0 Å². The molecule has 1 aliphatic rings. The molecule has 1 aliphatic carbocycles. The zero-order chi connectivity index (χ0) is 11.1. The summed E-state index contributed by atoms with van der Waals surface area (Å²) in [5.41, 5.74) is 8.92. The number of hydrogen-bond donors (Lipinski definition) is 1. The van der Waals surface area contributed by atoms with Gasteiger partial charge in [0.1, 0.15) is 0 Å². The maximum atomic E-state index is 5.83. The molecule has 1 aromatic carbocycles. The molecule has 0 aromatic heterocycles. The summed E-state index contributed by atoms with van der Waals surface area (Å²) in [4.78, 5) is 0. The number of hydrogen-bond acceptors (Lipinski definition) is 1. The van der Waals surface area contributed by atoms with Crippen molar-refractivity contribution in [2.45, 2.75) is 38.0 Å². The van der Waals surface area contributed by atoms with Gasteiger partial charge in [0.15, 0.2) is 0 Å². The van der Waals surface area contributed by atoms with Gasteiger partial charge in [-0.2, -0.15) is 0 Å². The molecule has 2 heteroatoms. The Morgan fingerprint density at radius 3 is 2.47 bits per heavy atom.